The van der Waals surface area contributed by atoms with Gasteiger partial charge in [0.1, 0.15) is 0 Å². The van der Waals surface area contributed by atoms with Crippen molar-refractivity contribution in [3.05, 3.63) is 58.2 Å². The molecule has 7 nitrogen and oxygen atoms in total. The predicted molar refractivity (Wildman–Crippen MR) is 122 cm³/mol. The van der Waals surface area contributed by atoms with Crippen molar-refractivity contribution in [2.45, 2.75) is 32.5 Å². The summed E-state index contributed by atoms with van der Waals surface area (Å²) >= 11 is 3.61. The lowest BCUT2D eigenvalue weighted by Crippen LogP contribution is -2.48. The molecule has 3 aromatic rings. The molecule has 2 aromatic carbocycles. The molecule has 0 unspecified atom stereocenters. The van der Waals surface area contributed by atoms with Crippen molar-refractivity contribution in [1.29, 1.82) is 0 Å². The number of cyclic esters (lactones) is 2. The molecule has 168 valence electrons. The van der Waals surface area contributed by atoms with Gasteiger partial charge in [-0.2, -0.15) is 0 Å². The number of rotatable bonds is 6. The summed E-state index contributed by atoms with van der Waals surface area (Å²) in [4.78, 5) is 29.4. The summed E-state index contributed by atoms with van der Waals surface area (Å²) < 4.78 is 22.8. The summed E-state index contributed by atoms with van der Waals surface area (Å²) in [7, 11) is 1.54. The van der Waals surface area contributed by atoms with E-state index in [0.717, 1.165) is 16.5 Å². The maximum atomic E-state index is 13.1. The van der Waals surface area contributed by atoms with Crippen molar-refractivity contribution in [2.24, 2.45) is 5.92 Å². The Labute approximate surface area is 194 Å². The lowest BCUT2D eigenvalue weighted by atomic mass is 9.79. The van der Waals surface area contributed by atoms with Gasteiger partial charge in [0.05, 0.1) is 13.7 Å². The number of ether oxygens (including phenoxy) is 4. The third kappa shape index (κ3) is 3.95. The first-order valence-electron chi connectivity index (χ1n) is 10.3. The van der Waals surface area contributed by atoms with Gasteiger partial charge in [-0.1, -0.05) is 34.1 Å². The van der Waals surface area contributed by atoms with Gasteiger partial charge in [0.2, 0.25) is 0 Å². The number of esters is 2. The van der Waals surface area contributed by atoms with Gasteiger partial charge in [0, 0.05) is 41.3 Å². The normalized spacial score (nSPS) is 17.0. The second-order valence-corrected chi connectivity index (χ2v) is 8.80. The van der Waals surface area contributed by atoms with Crippen LogP contribution in [-0.4, -0.2) is 36.4 Å². The number of para-hydroxylation sites is 1. The fourth-order valence-corrected chi connectivity index (χ4v) is 4.66. The molecule has 1 fully saturated rings. The van der Waals surface area contributed by atoms with E-state index in [-0.39, 0.29) is 0 Å². The van der Waals surface area contributed by atoms with E-state index in [1.165, 1.54) is 13.8 Å². The first-order valence-corrected chi connectivity index (χ1v) is 11.1. The van der Waals surface area contributed by atoms with Crippen LogP contribution in [0.1, 0.15) is 37.8 Å². The van der Waals surface area contributed by atoms with Crippen LogP contribution >= 0.6 is 15.9 Å². The standard InChI is InChI=1S/C24H24BrNO6/c1-5-30-19-11-16(25)14(10-18(19)29-4)20(15-12-26-17-9-7-6-8-13(15)17)21-22(27)31-24(2,3)32-23(21)28/h6-12,20-21,26H,5H2,1-4H3/t20-/m0/s1. The Morgan fingerprint density at radius 2 is 1.78 bits per heavy atom. The first-order chi connectivity index (χ1) is 15.3. The van der Waals surface area contributed by atoms with Crippen molar-refractivity contribution >= 4 is 38.8 Å². The lowest BCUT2D eigenvalue weighted by Gasteiger charge is -2.36. The highest BCUT2D eigenvalue weighted by Gasteiger charge is 2.49. The van der Waals surface area contributed by atoms with Crippen LogP contribution in [-0.2, 0) is 19.1 Å². The van der Waals surface area contributed by atoms with Crippen molar-refractivity contribution < 1.29 is 28.5 Å². The maximum absolute atomic E-state index is 13.1. The predicted octanol–water partition coefficient (Wildman–Crippen LogP) is 4.92. The van der Waals surface area contributed by atoms with Gasteiger partial charge in [-0.25, -0.2) is 0 Å². The molecular formula is C24H24BrNO6. The molecule has 1 atom stereocenters. The molecule has 1 aliphatic rings. The average Bonchev–Trinajstić information content (AvgIpc) is 3.15. The largest absolute Gasteiger partial charge is 0.493 e. The smallest absolute Gasteiger partial charge is 0.324 e. The van der Waals surface area contributed by atoms with Gasteiger partial charge in [-0.05, 0) is 36.2 Å². The van der Waals surface area contributed by atoms with Crippen molar-refractivity contribution in [3.8, 4) is 11.5 Å². The second-order valence-electron chi connectivity index (χ2n) is 7.94. The molecule has 32 heavy (non-hydrogen) atoms. The van der Waals surface area contributed by atoms with E-state index < -0.39 is 29.6 Å². The number of aromatic nitrogens is 1. The number of methoxy groups -OCH3 is 1. The summed E-state index contributed by atoms with van der Waals surface area (Å²) in [5.41, 5.74) is 2.33. The van der Waals surface area contributed by atoms with Gasteiger partial charge in [-0.3, -0.25) is 9.59 Å². The topological polar surface area (TPSA) is 86.9 Å². The number of hydrogen-bond donors (Lipinski definition) is 1. The van der Waals surface area contributed by atoms with Gasteiger partial charge >= 0.3 is 11.9 Å². The maximum Gasteiger partial charge on any atom is 0.324 e. The van der Waals surface area contributed by atoms with E-state index in [1.807, 2.05) is 37.4 Å². The Kier molecular flexibility index (Phi) is 5.90. The molecule has 2 heterocycles. The highest BCUT2D eigenvalue weighted by molar-refractivity contribution is 9.10. The number of carbonyl (C=O) groups excluding carboxylic acids is 2. The summed E-state index contributed by atoms with van der Waals surface area (Å²) in [6.07, 6.45) is 1.81. The molecule has 0 spiro atoms. The molecule has 1 aliphatic heterocycles. The summed E-state index contributed by atoms with van der Waals surface area (Å²) in [6, 6.07) is 11.3. The number of fused-ring (bicyclic) bond motifs is 1. The third-order valence-corrected chi connectivity index (χ3v) is 6.09. The molecule has 0 saturated carbocycles. The molecular weight excluding hydrogens is 478 g/mol. The molecule has 0 amide bonds. The van der Waals surface area contributed by atoms with Gasteiger partial charge < -0.3 is 23.9 Å². The van der Waals surface area contributed by atoms with Crippen molar-refractivity contribution in [3.63, 3.8) is 0 Å². The van der Waals surface area contributed by atoms with Crippen LogP contribution in [0.15, 0.2) is 47.1 Å². The van der Waals surface area contributed by atoms with Crippen LogP contribution in [0.2, 0.25) is 0 Å². The van der Waals surface area contributed by atoms with E-state index >= 15 is 0 Å². The minimum atomic E-state index is -1.32. The molecule has 1 N–H and O–H groups in total. The van der Waals surface area contributed by atoms with Crippen molar-refractivity contribution in [1.82, 2.24) is 4.98 Å². The van der Waals surface area contributed by atoms with E-state index in [0.29, 0.717) is 28.1 Å². The molecule has 0 aliphatic carbocycles. The zero-order chi connectivity index (χ0) is 23.0. The Morgan fingerprint density at radius 3 is 2.44 bits per heavy atom. The van der Waals surface area contributed by atoms with Crippen LogP contribution in [0.5, 0.6) is 11.5 Å². The number of H-pyrrole nitrogens is 1. The Hall–Kier alpha value is -3.00. The highest BCUT2D eigenvalue weighted by atomic mass is 79.9. The fourth-order valence-electron chi connectivity index (χ4n) is 4.10. The first kappa shape index (κ1) is 22.2. The molecule has 1 aromatic heterocycles. The Morgan fingerprint density at radius 1 is 1.09 bits per heavy atom. The van der Waals surface area contributed by atoms with Crippen LogP contribution in [0, 0.1) is 5.92 Å². The SMILES string of the molecule is CCOc1cc(Br)c([C@@H](c2c[nH]c3ccccc23)C2C(=O)OC(C)(C)OC2=O)cc1OC. The van der Waals surface area contributed by atoms with E-state index in [9.17, 15) is 9.59 Å². The van der Waals surface area contributed by atoms with Gasteiger partial charge in [-0.15, -0.1) is 0 Å². The van der Waals surface area contributed by atoms with Crippen LogP contribution < -0.4 is 9.47 Å². The van der Waals surface area contributed by atoms with Gasteiger partial charge in [0.25, 0.3) is 5.79 Å². The fraction of sp³-hybridized carbons (Fsp3) is 0.333. The van der Waals surface area contributed by atoms with Gasteiger partial charge in [0.15, 0.2) is 17.4 Å². The molecule has 1 saturated heterocycles. The molecule has 4 rings (SSSR count). The number of hydrogen-bond acceptors (Lipinski definition) is 6. The van der Waals surface area contributed by atoms with Crippen molar-refractivity contribution in [2.75, 3.05) is 13.7 Å². The van der Waals surface area contributed by atoms with E-state index in [1.54, 1.807) is 19.2 Å². The number of benzene rings is 2. The second kappa shape index (κ2) is 8.50. The monoisotopic (exact) mass is 501 g/mol. The van der Waals surface area contributed by atoms with Crippen LogP contribution in [0.4, 0.5) is 0 Å². The van der Waals surface area contributed by atoms with Crippen LogP contribution in [0.25, 0.3) is 10.9 Å². The summed E-state index contributed by atoms with van der Waals surface area (Å²) in [5.74, 6) is -3.43. The average molecular weight is 502 g/mol. The third-order valence-electron chi connectivity index (χ3n) is 5.41. The minimum absolute atomic E-state index is 0.463. The summed E-state index contributed by atoms with van der Waals surface area (Å²) in [6.45, 7) is 5.42. The lowest BCUT2D eigenvalue weighted by molar-refractivity contribution is -0.240. The number of nitrogens with one attached hydrogen (secondary N) is 1. The number of aromatic amines is 1. The van der Waals surface area contributed by atoms with Crippen LogP contribution in [0.3, 0.4) is 0 Å². The zero-order valence-corrected chi connectivity index (χ0v) is 19.8. The molecule has 8 heteroatoms. The highest BCUT2D eigenvalue weighted by Crippen LogP contribution is 2.46. The quantitative estimate of drug-likeness (QED) is 0.380. The van der Waals surface area contributed by atoms with E-state index in [4.69, 9.17) is 18.9 Å². The van der Waals surface area contributed by atoms with E-state index in [2.05, 4.69) is 20.9 Å². The molecule has 0 bridgehead atoms. The number of carbonyl (C=O) groups is 2. The Bertz CT molecular complexity index is 1160. The zero-order valence-electron chi connectivity index (χ0n) is 18.2. The summed E-state index contributed by atoms with van der Waals surface area (Å²) in [5, 5.41) is 0.891. The molecule has 0 radical (unpaired) electrons. The number of halogens is 1. The minimum Gasteiger partial charge on any atom is -0.493 e. The Balaban J connectivity index is 1.93.